The smallest absolute Gasteiger partial charge is 0.165 e. The van der Waals surface area contributed by atoms with E-state index in [4.69, 9.17) is 4.74 Å². The van der Waals surface area contributed by atoms with E-state index in [1.54, 1.807) is 7.11 Å². The van der Waals surface area contributed by atoms with E-state index in [0.717, 1.165) is 18.8 Å². The van der Waals surface area contributed by atoms with E-state index in [2.05, 4.69) is 41.6 Å². The monoisotopic (exact) mass is 241 g/mol. The number of rotatable bonds is 8. The molecule has 0 spiro atoms. The number of tetrazole rings is 1. The lowest BCUT2D eigenvalue weighted by molar-refractivity contribution is 0.123. The van der Waals surface area contributed by atoms with Crippen molar-refractivity contribution in [2.45, 2.75) is 39.8 Å². The van der Waals surface area contributed by atoms with Crippen LogP contribution in [0.5, 0.6) is 0 Å². The molecule has 0 bridgehead atoms. The molecule has 1 N–H and O–H groups in total. The van der Waals surface area contributed by atoms with Gasteiger partial charge in [-0.1, -0.05) is 20.8 Å². The molecule has 0 aliphatic heterocycles. The number of hydrogen-bond donors (Lipinski definition) is 1. The molecule has 0 aromatic carbocycles. The number of hydrogen-bond acceptors (Lipinski definition) is 5. The van der Waals surface area contributed by atoms with E-state index in [1.165, 1.54) is 0 Å². The number of ether oxygens (including phenoxy) is 1. The molecule has 0 radical (unpaired) electrons. The molecule has 0 saturated heterocycles. The highest BCUT2D eigenvalue weighted by molar-refractivity contribution is 4.85. The second-order valence-corrected chi connectivity index (χ2v) is 4.48. The molecule has 0 amide bonds. The zero-order valence-corrected chi connectivity index (χ0v) is 11.2. The summed E-state index contributed by atoms with van der Waals surface area (Å²) in [6.45, 7) is 8.74. The zero-order valence-electron chi connectivity index (χ0n) is 11.2. The third-order valence-electron chi connectivity index (χ3n) is 2.69. The van der Waals surface area contributed by atoms with Crippen molar-refractivity contribution in [3.63, 3.8) is 0 Å². The molecule has 17 heavy (non-hydrogen) atoms. The van der Waals surface area contributed by atoms with Gasteiger partial charge in [-0.25, -0.2) is 4.68 Å². The van der Waals surface area contributed by atoms with Crippen molar-refractivity contribution in [1.29, 1.82) is 0 Å². The van der Waals surface area contributed by atoms with Gasteiger partial charge in [-0.05, 0) is 29.3 Å². The van der Waals surface area contributed by atoms with Gasteiger partial charge in [0, 0.05) is 7.11 Å². The van der Waals surface area contributed by atoms with Gasteiger partial charge in [0.25, 0.3) is 0 Å². The fourth-order valence-corrected chi connectivity index (χ4v) is 1.68. The molecule has 0 aliphatic rings. The third-order valence-corrected chi connectivity index (χ3v) is 2.69. The first-order chi connectivity index (χ1) is 8.20. The van der Waals surface area contributed by atoms with Gasteiger partial charge in [0.05, 0.1) is 19.2 Å². The van der Waals surface area contributed by atoms with E-state index >= 15 is 0 Å². The maximum atomic E-state index is 5.23. The Morgan fingerprint density at radius 3 is 2.76 bits per heavy atom. The minimum absolute atomic E-state index is 0.188. The fraction of sp³-hybridized carbons (Fsp3) is 0.909. The largest absolute Gasteiger partial charge is 0.382 e. The molecule has 1 aromatic heterocycles. The molecule has 1 heterocycles. The minimum atomic E-state index is 0.188. The summed E-state index contributed by atoms with van der Waals surface area (Å²) in [7, 11) is 1.70. The van der Waals surface area contributed by atoms with Gasteiger partial charge in [-0.2, -0.15) is 0 Å². The molecule has 0 aliphatic carbocycles. The molecule has 1 rings (SSSR count). The normalized spacial score (nSPS) is 13.2. The Kier molecular flexibility index (Phi) is 6.07. The lowest BCUT2D eigenvalue weighted by Crippen LogP contribution is -2.26. The van der Waals surface area contributed by atoms with Crippen molar-refractivity contribution < 1.29 is 4.74 Å². The highest BCUT2D eigenvalue weighted by Gasteiger charge is 2.20. The molecule has 98 valence electrons. The molecule has 1 atom stereocenters. The van der Waals surface area contributed by atoms with Crippen molar-refractivity contribution in [3.8, 4) is 0 Å². The first kappa shape index (κ1) is 14.1. The second-order valence-electron chi connectivity index (χ2n) is 4.48. The van der Waals surface area contributed by atoms with E-state index < -0.39 is 0 Å². The molecular weight excluding hydrogens is 218 g/mol. The Morgan fingerprint density at radius 2 is 2.18 bits per heavy atom. The van der Waals surface area contributed by atoms with Gasteiger partial charge in [-0.15, -0.1) is 5.10 Å². The maximum Gasteiger partial charge on any atom is 0.165 e. The van der Waals surface area contributed by atoms with Gasteiger partial charge in [0.15, 0.2) is 5.82 Å². The van der Waals surface area contributed by atoms with Gasteiger partial charge < -0.3 is 10.1 Å². The summed E-state index contributed by atoms with van der Waals surface area (Å²) in [5, 5.41) is 15.2. The topological polar surface area (TPSA) is 64.9 Å². The van der Waals surface area contributed by atoms with Crippen LogP contribution in [-0.2, 0) is 11.3 Å². The standard InChI is InChI=1S/C11H23N5O/c1-5-6-12-7-11-13-14-15-16(11)10(8-17-4)9(2)3/h9-10,12H,5-8H2,1-4H3. The third kappa shape index (κ3) is 4.05. The van der Waals surface area contributed by atoms with Crippen LogP contribution in [0.15, 0.2) is 0 Å². The van der Waals surface area contributed by atoms with Gasteiger partial charge >= 0.3 is 0 Å². The molecule has 6 heteroatoms. The maximum absolute atomic E-state index is 5.23. The highest BCUT2D eigenvalue weighted by Crippen LogP contribution is 2.17. The van der Waals surface area contributed by atoms with E-state index in [9.17, 15) is 0 Å². The quantitative estimate of drug-likeness (QED) is 0.688. The molecule has 1 unspecified atom stereocenters. The van der Waals surface area contributed by atoms with Crippen LogP contribution in [0.1, 0.15) is 39.1 Å². The zero-order chi connectivity index (χ0) is 12.7. The van der Waals surface area contributed by atoms with Crippen LogP contribution in [0.2, 0.25) is 0 Å². The van der Waals surface area contributed by atoms with Crippen LogP contribution >= 0.6 is 0 Å². The molecule has 0 saturated carbocycles. The van der Waals surface area contributed by atoms with Gasteiger partial charge in [0.2, 0.25) is 0 Å². The molecule has 0 fully saturated rings. The Hall–Kier alpha value is -1.01. The van der Waals surface area contributed by atoms with E-state index in [-0.39, 0.29) is 6.04 Å². The average molecular weight is 241 g/mol. The summed E-state index contributed by atoms with van der Waals surface area (Å²) in [4.78, 5) is 0. The summed E-state index contributed by atoms with van der Waals surface area (Å²) in [6, 6.07) is 0.188. The van der Waals surface area contributed by atoms with Crippen molar-refractivity contribution >= 4 is 0 Å². The van der Waals surface area contributed by atoms with Crippen LogP contribution in [0, 0.1) is 5.92 Å². The molecule has 6 nitrogen and oxygen atoms in total. The predicted octanol–water partition coefficient (Wildman–Crippen LogP) is 1.02. The minimum Gasteiger partial charge on any atom is -0.382 e. The summed E-state index contributed by atoms with van der Waals surface area (Å²) in [6.07, 6.45) is 1.10. The second kappa shape index (κ2) is 7.34. The summed E-state index contributed by atoms with van der Waals surface area (Å²) < 4.78 is 7.10. The number of methoxy groups -OCH3 is 1. The number of nitrogens with zero attached hydrogens (tertiary/aromatic N) is 4. The van der Waals surface area contributed by atoms with Crippen molar-refractivity contribution in [2.24, 2.45) is 5.92 Å². The summed E-state index contributed by atoms with van der Waals surface area (Å²) >= 11 is 0. The number of aromatic nitrogens is 4. The molecular formula is C11H23N5O. The number of nitrogens with one attached hydrogen (secondary N) is 1. The first-order valence-corrected chi connectivity index (χ1v) is 6.17. The first-order valence-electron chi connectivity index (χ1n) is 6.17. The highest BCUT2D eigenvalue weighted by atomic mass is 16.5. The van der Waals surface area contributed by atoms with Crippen LogP contribution in [-0.4, -0.2) is 40.5 Å². The van der Waals surface area contributed by atoms with Gasteiger partial charge in [0.1, 0.15) is 0 Å². The Balaban J connectivity index is 2.70. The van der Waals surface area contributed by atoms with Crippen molar-refractivity contribution in [2.75, 3.05) is 20.3 Å². The van der Waals surface area contributed by atoms with E-state index in [0.29, 0.717) is 19.1 Å². The lowest BCUT2D eigenvalue weighted by atomic mass is 10.1. The summed E-state index contributed by atoms with van der Waals surface area (Å²) in [5.41, 5.74) is 0. The van der Waals surface area contributed by atoms with Crippen molar-refractivity contribution in [3.05, 3.63) is 5.82 Å². The van der Waals surface area contributed by atoms with Crippen LogP contribution in [0.3, 0.4) is 0 Å². The van der Waals surface area contributed by atoms with Crippen molar-refractivity contribution in [1.82, 2.24) is 25.5 Å². The lowest BCUT2D eigenvalue weighted by Gasteiger charge is -2.21. The Labute approximate surface area is 103 Å². The van der Waals surface area contributed by atoms with Crippen LogP contribution < -0.4 is 5.32 Å². The Bertz CT molecular complexity index is 313. The van der Waals surface area contributed by atoms with Crippen LogP contribution in [0.25, 0.3) is 0 Å². The SMILES string of the molecule is CCCNCc1nnnn1C(COC)C(C)C. The molecule has 1 aromatic rings. The average Bonchev–Trinajstić information content (AvgIpc) is 2.74. The fourth-order valence-electron chi connectivity index (χ4n) is 1.68. The Morgan fingerprint density at radius 1 is 1.41 bits per heavy atom. The van der Waals surface area contributed by atoms with Crippen LogP contribution in [0.4, 0.5) is 0 Å². The summed E-state index contributed by atoms with van der Waals surface area (Å²) in [5.74, 6) is 1.30. The van der Waals surface area contributed by atoms with Gasteiger partial charge in [-0.3, -0.25) is 0 Å². The van der Waals surface area contributed by atoms with E-state index in [1.807, 2.05) is 4.68 Å². The predicted molar refractivity (Wildman–Crippen MR) is 65.6 cm³/mol.